The average molecular weight is 419 g/mol. The molecule has 1 aromatic carbocycles. The lowest BCUT2D eigenvalue weighted by atomic mass is 9.48. The Morgan fingerprint density at radius 1 is 1.03 bits per heavy atom. The number of esters is 1. The molecule has 3 saturated carbocycles. The zero-order valence-corrected chi connectivity index (χ0v) is 19.0. The molecule has 1 aromatic rings. The number of fused-ring (bicyclic) bond motifs is 5. The van der Waals surface area contributed by atoms with Gasteiger partial charge in [0.05, 0.1) is 0 Å². The zero-order chi connectivity index (χ0) is 21.8. The van der Waals surface area contributed by atoms with Gasteiger partial charge in [0.15, 0.2) is 5.78 Å². The second-order valence-corrected chi connectivity index (χ2v) is 10.8. The Labute approximate surface area is 185 Å². The van der Waals surface area contributed by atoms with Crippen molar-refractivity contribution in [1.29, 1.82) is 0 Å². The molecule has 5 rings (SSSR count). The van der Waals surface area contributed by atoms with Crippen molar-refractivity contribution in [2.75, 3.05) is 0 Å². The molecule has 0 heterocycles. The van der Waals surface area contributed by atoms with E-state index in [0.717, 1.165) is 56.1 Å². The van der Waals surface area contributed by atoms with Crippen LogP contribution in [0.15, 0.2) is 47.6 Å². The molecule has 0 unspecified atom stereocenters. The standard InChI is InChI=1S/C28H34O3/c1-18(29)31-22-11-13-27(2)21(17-22)9-10-23-24(27)12-14-28(3)25(23)16-20(26(28)30)15-19-7-5-4-6-8-19/h4-9,15,22-25H,10-14,16-17H2,1-3H3/t22-,23+,24-,25-,27-,28-/m0/s1. The molecule has 3 heteroatoms. The van der Waals surface area contributed by atoms with Crippen LogP contribution in [0, 0.1) is 28.6 Å². The Balaban J connectivity index is 1.42. The van der Waals surface area contributed by atoms with Crippen LogP contribution in [0.5, 0.6) is 0 Å². The number of carbonyl (C=O) groups is 2. The van der Waals surface area contributed by atoms with E-state index in [4.69, 9.17) is 4.74 Å². The van der Waals surface area contributed by atoms with Crippen molar-refractivity contribution in [1.82, 2.24) is 0 Å². The van der Waals surface area contributed by atoms with Crippen molar-refractivity contribution in [3.63, 3.8) is 0 Å². The molecular formula is C28H34O3. The van der Waals surface area contributed by atoms with Crippen LogP contribution in [0.1, 0.15) is 71.3 Å². The second-order valence-electron chi connectivity index (χ2n) is 10.8. The van der Waals surface area contributed by atoms with Crippen LogP contribution in [0.2, 0.25) is 0 Å². The predicted octanol–water partition coefficient (Wildman–Crippen LogP) is 6.14. The van der Waals surface area contributed by atoms with E-state index in [1.807, 2.05) is 18.2 Å². The molecule has 4 aliphatic rings. The summed E-state index contributed by atoms with van der Waals surface area (Å²) in [6.07, 6.45) is 11.7. The number of ketones is 1. The fraction of sp³-hybridized carbons (Fsp3) is 0.571. The van der Waals surface area contributed by atoms with Crippen LogP contribution >= 0.6 is 0 Å². The molecule has 0 aliphatic heterocycles. The van der Waals surface area contributed by atoms with Crippen LogP contribution in [0.25, 0.3) is 6.08 Å². The van der Waals surface area contributed by atoms with E-state index in [1.165, 1.54) is 12.5 Å². The first-order chi connectivity index (χ1) is 14.8. The lowest BCUT2D eigenvalue weighted by Crippen LogP contribution is -2.50. The minimum Gasteiger partial charge on any atom is -0.462 e. The van der Waals surface area contributed by atoms with Crippen molar-refractivity contribution in [2.24, 2.45) is 28.6 Å². The van der Waals surface area contributed by atoms with E-state index in [0.29, 0.717) is 23.5 Å². The first-order valence-electron chi connectivity index (χ1n) is 12.0. The number of hydrogen-bond acceptors (Lipinski definition) is 3. The van der Waals surface area contributed by atoms with Crippen LogP contribution < -0.4 is 0 Å². The van der Waals surface area contributed by atoms with Gasteiger partial charge in [-0.05, 0) is 78.9 Å². The fourth-order valence-electron chi connectivity index (χ4n) is 7.51. The average Bonchev–Trinajstić information content (AvgIpc) is 2.99. The number of carbonyl (C=O) groups excluding carboxylic acids is 2. The molecule has 0 radical (unpaired) electrons. The summed E-state index contributed by atoms with van der Waals surface area (Å²) in [7, 11) is 0. The minimum absolute atomic E-state index is 0.0377. The summed E-state index contributed by atoms with van der Waals surface area (Å²) in [5.74, 6) is 1.86. The van der Waals surface area contributed by atoms with Gasteiger partial charge in [-0.25, -0.2) is 0 Å². The summed E-state index contributed by atoms with van der Waals surface area (Å²) in [6.45, 7) is 6.19. The maximum atomic E-state index is 13.5. The molecule has 0 N–H and O–H groups in total. The second kappa shape index (κ2) is 7.46. The first kappa shape index (κ1) is 20.7. The molecule has 0 spiro atoms. The Hall–Kier alpha value is -2.16. The van der Waals surface area contributed by atoms with Crippen molar-refractivity contribution in [2.45, 2.75) is 71.8 Å². The van der Waals surface area contributed by atoms with Gasteiger partial charge in [0.2, 0.25) is 0 Å². The highest BCUT2D eigenvalue weighted by Crippen LogP contribution is 2.64. The summed E-state index contributed by atoms with van der Waals surface area (Å²) in [5, 5.41) is 0. The minimum atomic E-state index is -0.210. The lowest BCUT2D eigenvalue weighted by molar-refractivity contribution is -0.148. The van der Waals surface area contributed by atoms with Crippen molar-refractivity contribution >= 4 is 17.8 Å². The van der Waals surface area contributed by atoms with Gasteiger partial charge in [-0.1, -0.05) is 55.8 Å². The maximum absolute atomic E-state index is 13.5. The van der Waals surface area contributed by atoms with E-state index in [2.05, 4.69) is 38.1 Å². The third kappa shape index (κ3) is 3.32. The van der Waals surface area contributed by atoms with Crippen molar-refractivity contribution < 1.29 is 14.3 Å². The lowest BCUT2D eigenvalue weighted by Gasteiger charge is -2.56. The molecule has 6 atom stereocenters. The molecule has 0 aromatic heterocycles. The first-order valence-corrected chi connectivity index (χ1v) is 12.0. The third-order valence-electron chi connectivity index (χ3n) is 9.17. The Kier molecular flexibility index (Phi) is 4.99. The van der Waals surface area contributed by atoms with Gasteiger partial charge in [0.1, 0.15) is 6.10 Å². The van der Waals surface area contributed by atoms with E-state index in [1.54, 1.807) is 0 Å². The van der Waals surface area contributed by atoms with Crippen LogP contribution in [-0.2, 0) is 14.3 Å². The van der Waals surface area contributed by atoms with Crippen LogP contribution in [0.4, 0.5) is 0 Å². The molecular weight excluding hydrogens is 384 g/mol. The maximum Gasteiger partial charge on any atom is 0.302 e. The van der Waals surface area contributed by atoms with Crippen LogP contribution in [-0.4, -0.2) is 17.9 Å². The monoisotopic (exact) mass is 418 g/mol. The quantitative estimate of drug-likeness (QED) is 0.329. The Bertz CT molecular complexity index is 958. The molecule has 0 saturated heterocycles. The number of hydrogen-bond donors (Lipinski definition) is 0. The molecule has 3 nitrogen and oxygen atoms in total. The molecule has 164 valence electrons. The molecule has 4 aliphatic carbocycles. The summed E-state index contributed by atoms with van der Waals surface area (Å²) in [6, 6.07) is 10.3. The van der Waals surface area contributed by atoms with Gasteiger partial charge in [-0.15, -0.1) is 0 Å². The Morgan fingerprint density at radius 2 is 1.77 bits per heavy atom. The van der Waals surface area contributed by atoms with Gasteiger partial charge < -0.3 is 4.74 Å². The summed E-state index contributed by atoms with van der Waals surface area (Å²) in [4.78, 5) is 25.0. The molecule has 31 heavy (non-hydrogen) atoms. The van der Waals surface area contributed by atoms with Crippen molar-refractivity contribution in [3.8, 4) is 0 Å². The molecule has 3 fully saturated rings. The Morgan fingerprint density at radius 3 is 2.52 bits per heavy atom. The number of allylic oxidation sites excluding steroid dienone is 2. The summed E-state index contributed by atoms with van der Waals surface area (Å²) in [5.41, 5.74) is 3.64. The van der Waals surface area contributed by atoms with E-state index in [9.17, 15) is 9.59 Å². The number of benzene rings is 1. The highest BCUT2D eigenvalue weighted by molar-refractivity contribution is 6.05. The smallest absolute Gasteiger partial charge is 0.302 e. The van der Waals surface area contributed by atoms with Crippen LogP contribution in [0.3, 0.4) is 0 Å². The molecule has 0 bridgehead atoms. The van der Waals surface area contributed by atoms with Gasteiger partial charge in [-0.2, -0.15) is 0 Å². The van der Waals surface area contributed by atoms with E-state index in [-0.39, 0.29) is 22.9 Å². The topological polar surface area (TPSA) is 43.4 Å². The highest BCUT2D eigenvalue weighted by Gasteiger charge is 2.59. The predicted molar refractivity (Wildman–Crippen MR) is 122 cm³/mol. The van der Waals surface area contributed by atoms with Crippen molar-refractivity contribution in [3.05, 3.63) is 53.1 Å². The zero-order valence-electron chi connectivity index (χ0n) is 19.0. The van der Waals surface area contributed by atoms with Gasteiger partial charge in [0.25, 0.3) is 0 Å². The normalized spacial score (nSPS) is 40.5. The van der Waals surface area contributed by atoms with Gasteiger partial charge in [0, 0.05) is 18.8 Å². The fourth-order valence-corrected chi connectivity index (χ4v) is 7.51. The largest absolute Gasteiger partial charge is 0.462 e. The van der Waals surface area contributed by atoms with E-state index >= 15 is 0 Å². The highest BCUT2D eigenvalue weighted by atomic mass is 16.5. The van der Waals surface area contributed by atoms with Gasteiger partial charge in [-0.3, -0.25) is 9.59 Å². The van der Waals surface area contributed by atoms with Gasteiger partial charge >= 0.3 is 5.97 Å². The SMILES string of the molecule is CC(=O)O[C@H]1CC[C@@]2(C)C(=CC[C@@H]3[C@@H]2CC[C@]2(C)C(=O)C(=Cc4ccccc4)C[C@@H]32)C1. The number of rotatable bonds is 2. The summed E-state index contributed by atoms with van der Waals surface area (Å²) >= 11 is 0. The number of ether oxygens (including phenoxy) is 1. The third-order valence-corrected chi connectivity index (χ3v) is 9.17. The molecule has 0 amide bonds. The number of Topliss-reactive ketones (excluding diaryl/α,β-unsaturated/α-hetero) is 1. The summed E-state index contributed by atoms with van der Waals surface area (Å²) < 4.78 is 5.56. The van der Waals surface area contributed by atoms with E-state index < -0.39 is 0 Å².